The zero-order valence-corrected chi connectivity index (χ0v) is 13.7. The number of rotatable bonds is 5. The van der Waals surface area contributed by atoms with E-state index in [0.717, 1.165) is 30.5 Å². The third-order valence-electron chi connectivity index (χ3n) is 3.20. The second-order valence-corrected chi connectivity index (χ2v) is 6.95. The highest BCUT2D eigenvalue weighted by Crippen LogP contribution is 2.30. The highest BCUT2D eigenvalue weighted by atomic mass is 32.2. The van der Waals surface area contributed by atoms with Crippen LogP contribution >= 0.6 is 0 Å². The van der Waals surface area contributed by atoms with Gasteiger partial charge in [0.05, 0.1) is 5.56 Å². The molecule has 0 aliphatic carbocycles. The second kappa shape index (κ2) is 7.36. The average Bonchev–Trinajstić information content (AvgIpc) is 2.52. The molecule has 1 N–H and O–H groups in total. The summed E-state index contributed by atoms with van der Waals surface area (Å²) < 4.78 is 87.2. The van der Waals surface area contributed by atoms with Crippen molar-refractivity contribution < 1.29 is 35.2 Å². The van der Waals surface area contributed by atoms with E-state index in [9.17, 15) is 35.2 Å². The van der Waals surface area contributed by atoms with Gasteiger partial charge in [0.25, 0.3) is 15.7 Å². The largest absolute Gasteiger partial charge is 0.503 e. The molecule has 2 aromatic rings. The molecule has 0 unspecified atom stereocenters. The van der Waals surface area contributed by atoms with E-state index >= 15 is 0 Å². The fraction of sp³-hybridized carbons (Fsp3) is 0.200. The molecule has 0 aliphatic heterocycles. The summed E-state index contributed by atoms with van der Waals surface area (Å²) in [5.41, 5.74) is -6.19. The number of benzene rings is 1. The molecule has 1 amide bonds. The van der Waals surface area contributed by atoms with Crippen LogP contribution in [0.2, 0.25) is 0 Å². The highest BCUT2D eigenvalue weighted by molar-refractivity contribution is 7.92. The van der Waals surface area contributed by atoms with Crippen LogP contribution in [0.25, 0.3) is 0 Å². The van der Waals surface area contributed by atoms with Crippen LogP contribution in [0.5, 0.6) is 0 Å². The van der Waals surface area contributed by atoms with E-state index in [1.54, 1.807) is 0 Å². The number of hydrogen-bond donors (Lipinski definition) is 1. The number of nitrogens with zero attached hydrogens (tertiary/aromatic N) is 1. The molecule has 0 saturated heterocycles. The van der Waals surface area contributed by atoms with Gasteiger partial charge < -0.3 is 5.32 Å². The molecule has 0 fully saturated rings. The average molecular weight is 394 g/mol. The molecule has 0 saturated carbocycles. The number of carbonyl (C=O) groups is 1. The topological polar surface area (TPSA) is 76.1 Å². The zero-order valence-electron chi connectivity index (χ0n) is 12.8. The first kappa shape index (κ1) is 19.8. The van der Waals surface area contributed by atoms with Gasteiger partial charge in [-0.3, -0.25) is 4.79 Å². The van der Waals surface area contributed by atoms with Crippen molar-refractivity contribution in [1.82, 2.24) is 10.3 Å². The fourth-order valence-corrected chi connectivity index (χ4v) is 2.93. The van der Waals surface area contributed by atoms with Crippen molar-refractivity contribution in [3.63, 3.8) is 0 Å². The number of sulfone groups is 1. The maximum absolute atomic E-state index is 13.1. The highest BCUT2D eigenvalue weighted by Gasteiger charge is 2.49. The summed E-state index contributed by atoms with van der Waals surface area (Å²) in [5, 5.41) is 0.780. The Morgan fingerprint density at radius 3 is 2.31 bits per heavy atom. The monoisotopic (exact) mass is 394 g/mol. The van der Waals surface area contributed by atoms with Crippen LogP contribution in [-0.4, -0.2) is 31.4 Å². The van der Waals surface area contributed by atoms with Crippen molar-refractivity contribution in [1.29, 1.82) is 0 Å². The van der Waals surface area contributed by atoms with Crippen LogP contribution in [-0.2, 0) is 16.3 Å². The van der Waals surface area contributed by atoms with Crippen LogP contribution in [0, 0.1) is 11.6 Å². The number of carbonyl (C=O) groups excluding carboxylic acids is 1. The molecular formula is C15H11F5N2O3S. The molecule has 1 aromatic heterocycles. The van der Waals surface area contributed by atoms with Gasteiger partial charge in [0, 0.05) is 18.8 Å². The van der Waals surface area contributed by atoms with Gasteiger partial charge in [-0.05, 0) is 36.2 Å². The molecule has 1 aromatic carbocycles. The van der Waals surface area contributed by atoms with E-state index in [1.807, 2.05) is 0 Å². The maximum atomic E-state index is 13.1. The Morgan fingerprint density at radius 2 is 1.73 bits per heavy atom. The zero-order chi connectivity index (χ0) is 19.5. The second-order valence-electron chi connectivity index (χ2n) is 5.09. The molecule has 2 rings (SSSR count). The molecule has 1 heterocycles. The summed E-state index contributed by atoms with van der Waals surface area (Å²) >= 11 is 0. The molecule has 0 bridgehead atoms. The Morgan fingerprint density at radius 1 is 1.12 bits per heavy atom. The first-order valence-electron chi connectivity index (χ1n) is 7.02. The van der Waals surface area contributed by atoms with Crippen molar-refractivity contribution in [2.45, 2.75) is 17.0 Å². The Labute approximate surface area is 144 Å². The summed E-state index contributed by atoms with van der Waals surface area (Å²) in [6.45, 7) is -0.192. The third kappa shape index (κ3) is 4.34. The third-order valence-corrected chi connectivity index (χ3v) is 4.64. The van der Waals surface area contributed by atoms with E-state index < -0.39 is 43.5 Å². The number of alkyl halides is 3. The van der Waals surface area contributed by atoms with Crippen molar-refractivity contribution in [3.05, 3.63) is 59.3 Å². The van der Waals surface area contributed by atoms with Crippen LogP contribution in [0.1, 0.15) is 15.9 Å². The lowest BCUT2D eigenvalue weighted by molar-refractivity contribution is -0.0438. The van der Waals surface area contributed by atoms with Gasteiger partial charge in [-0.1, -0.05) is 0 Å². The lowest BCUT2D eigenvalue weighted by atomic mass is 10.1. The molecule has 140 valence electrons. The summed E-state index contributed by atoms with van der Waals surface area (Å²) in [5.74, 6) is -2.76. The van der Waals surface area contributed by atoms with Gasteiger partial charge in [0.1, 0.15) is 11.6 Å². The summed E-state index contributed by atoms with van der Waals surface area (Å²) in [4.78, 5) is 15.2. The minimum absolute atomic E-state index is 0.0258. The SMILES string of the molecule is O=C(NCCc1cc(F)cc(F)c1)c1cccnc1S(=O)(=O)C(F)(F)F. The van der Waals surface area contributed by atoms with Gasteiger partial charge in [-0.2, -0.15) is 13.2 Å². The van der Waals surface area contributed by atoms with Crippen molar-refractivity contribution in [2.75, 3.05) is 6.54 Å². The number of nitrogens with one attached hydrogen (secondary N) is 1. The molecule has 0 spiro atoms. The minimum Gasteiger partial charge on any atom is -0.352 e. The summed E-state index contributed by atoms with van der Waals surface area (Å²) in [6, 6.07) is 4.69. The van der Waals surface area contributed by atoms with Crippen LogP contribution < -0.4 is 5.32 Å². The molecule has 5 nitrogen and oxygen atoms in total. The Kier molecular flexibility index (Phi) is 5.59. The molecule has 0 radical (unpaired) electrons. The van der Waals surface area contributed by atoms with E-state index in [0.29, 0.717) is 6.07 Å². The first-order chi connectivity index (χ1) is 12.0. The summed E-state index contributed by atoms with van der Waals surface area (Å²) in [7, 11) is -5.81. The predicted octanol–water partition coefficient (Wildman–Crippen LogP) is 2.63. The van der Waals surface area contributed by atoms with Gasteiger partial charge in [-0.15, -0.1) is 0 Å². The quantitative estimate of drug-likeness (QED) is 0.791. The fourth-order valence-electron chi connectivity index (χ4n) is 2.06. The smallest absolute Gasteiger partial charge is 0.352 e. The number of aromatic nitrogens is 1. The van der Waals surface area contributed by atoms with Gasteiger partial charge in [0.15, 0.2) is 5.03 Å². The van der Waals surface area contributed by atoms with Crippen molar-refractivity contribution >= 4 is 15.7 Å². The number of hydrogen-bond acceptors (Lipinski definition) is 4. The molecule has 11 heteroatoms. The number of halogens is 5. The van der Waals surface area contributed by atoms with E-state index in [1.165, 1.54) is 0 Å². The lowest BCUT2D eigenvalue weighted by Crippen LogP contribution is -2.31. The maximum Gasteiger partial charge on any atom is 0.503 e. The Hall–Kier alpha value is -2.56. The van der Waals surface area contributed by atoms with E-state index in [2.05, 4.69) is 10.3 Å². The van der Waals surface area contributed by atoms with Crippen molar-refractivity contribution in [2.24, 2.45) is 0 Å². The number of pyridine rings is 1. The normalized spacial score (nSPS) is 12.0. The Balaban J connectivity index is 2.16. The Bertz CT molecular complexity index is 909. The summed E-state index contributed by atoms with van der Waals surface area (Å²) in [6.07, 6.45) is 0.785. The van der Waals surface area contributed by atoms with Crippen LogP contribution in [0.15, 0.2) is 41.6 Å². The lowest BCUT2D eigenvalue weighted by Gasteiger charge is -2.11. The van der Waals surface area contributed by atoms with Crippen molar-refractivity contribution in [3.8, 4) is 0 Å². The van der Waals surface area contributed by atoms with Gasteiger partial charge in [0.2, 0.25) is 0 Å². The minimum atomic E-state index is -5.81. The first-order valence-corrected chi connectivity index (χ1v) is 8.50. The van der Waals surface area contributed by atoms with Gasteiger partial charge in [-0.25, -0.2) is 22.2 Å². The van der Waals surface area contributed by atoms with Crippen LogP contribution in [0.3, 0.4) is 0 Å². The number of amides is 1. The standard InChI is InChI=1S/C15H11F5N2O3S/c16-10-6-9(7-11(17)8-10)3-5-21-13(23)12-2-1-4-22-14(12)26(24,25)15(18,19)20/h1-2,4,6-8H,3,5H2,(H,21,23). The van der Waals surface area contributed by atoms with E-state index in [-0.39, 0.29) is 18.5 Å². The molecule has 26 heavy (non-hydrogen) atoms. The van der Waals surface area contributed by atoms with Gasteiger partial charge >= 0.3 is 5.51 Å². The molecular weight excluding hydrogens is 383 g/mol. The predicted molar refractivity (Wildman–Crippen MR) is 79.9 cm³/mol. The molecule has 0 aliphatic rings. The van der Waals surface area contributed by atoms with Crippen LogP contribution in [0.4, 0.5) is 22.0 Å². The van der Waals surface area contributed by atoms with E-state index in [4.69, 9.17) is 0 Å². The molecule has 0 atom stereocenters.